The van der Waals surface area contributed by atoms with Crippen molar-refractivity contribution < 1.29 is 18.0 Å². The fourth-order valence-electron chi connectivity index (χ4n) is 3.58. The molecule has 0 saturated carbocycles. The van der Waals surface area contributed by atoms with Crippen molar-refractivity contribution in [3.05, 3.63) is 54.1 Å². The Bertz CT molecular complexity index is 917. The summed E-state index contributed by atoms with van der Waals surface area (Å²) < 4.78 is 42.3. The number of alkyl halides is 3. The van der Waals surface area contributed by atoms with E-state index < -0.39 is 18.2 Å². The molecule has 4 rings (SSSR count). The number of thiophene rings is 1. The molecule has 2 heterocycles. The van der Waals surface area contributed by atoms with Gasteiger partial charge < -0.3 is 4.84 Å². The van der Waals surface area contributed by atoms with E-state index in [1.165, 1.54) is 16.9 Å². The van der Waals surface area contributed by atoms with E-state index in [2.05, 4.69) is 5.16 Å². The third-order valence-corrected chi connectivity index (χ3v) is 7.32. The maximum absolute atomic E-state index is 14.1. The molecule has 0 N–H and O–H groups in total. The minimum absolute atomic E-state index is 0.00544. The van der Waals surface area contributed by atoms with Crippen LogP contribution in [0.15, 0.2) is 22.7 Å². The maximum Gasteiger partial charge on any atom is 0.435 e. The summed E-state index contributed by atoms with van der Waals surface area (Å²) in [6, 6.07) is 2.29. The number of oxime groups is 1. The lowest BCUT2D eigenvalue weighted by molar-refractivity contribution is -0.275. The Hall–Kier alpha value is -0.950. The molecule has 1 aromatic heterocycles. The molecule has 0 amide bonds. The fourth-order valence-corrected chi connectivity index (χ4v) is 5.31. The largest absolute Gasteiger partial charge is 0.435 e. The van der Waals surface area contributed by atoms with Crippen LogP contribution in [0.25, 0.3) is 0 Å². The van der Waals surface area contributed by atoms with Gasteiger partial charge in [-0.25, -0.2) is 0 Å². The zero-order valence-electron chi connectivity index (χ0n) is 13.8. The Labute approximate surface area is 172 Å². The Morgan fingerprint density at radius 3 is 2.41 bits per heavy atom. The lowest BCUT2D eigenvalue weighted by Gasteiger charge is -2.30. The van der Waals surface area contributed by atoms with Crippen molar-refractivity contribution >= 4 is 51.9 Å². The average Bonchev–Trinajstić information content (AvgIpc) is 3.23. The predicted molar refractivity (Wildman–Crippen MR) is 102 cm³/mol. The van der Waals surface area contributed by atoms with E-state index in [0.717, 1.165) is 48.3 Å². The molecule has 144 valence electrons. The van der Waals surface area contributed by atoms with Gasteiger partial charge in [0, 0.05) is 5.56 Å². The smallest absolute Gasteiger partial charge is 0.374 e. The van der Waals surface area contributed by atoms with Crippen molar-refractivity contribution in [3.8, 4) is 0 Å². The second kappa shape index (κ2) is 6.83. The van der Waals surface area contributed by atoms with Gasteiger partial charge in [-0.3, -0.25) is 0 Å². The molecule has 0 spiro atoms. The summed E-state index contributed by atoms with van der Waals surface area (Å²) in [4.78, 5) is 5.86. The second-order valence-electron chi connectivity index (χ2n) is 6.66. The van der Waals surface area contributed by atoms with Crippen LogP contribution in [-0.2, 0) is 23.3 Å². The highest BCUT2D eigenvalue weighted by atomic mass is 35.5. The zero-order chi connectivity index (χ0) is 19.4. The van der Waals surface area contributed by atoms with Gasteiger partial charge in [0.25, 0.3) is 5.60 Å². The van der Waals surface area contributed by atoms with Crippen LogP contribution in [0, 0.1) is 0 Å². The normalized spacial score (nSPS) is 22.4. The summed E-state index contributed by atoms with van der Waals surface area (Å²) in [5, 5.41) is 5.74. The molecular weight excluding hydrogens is 442 g/mol. The molecule has 2 nitrogen and oxygen atoms in total. The Kier molecular flexibility index (Phi) is 4.90. The van der Waals surface area contributed by atoms with E-state index in [0.29, 0.717) is 5.71 Å². The molecule has 9 heteroatoms. The van der Waals surface area contributed by atoms with Crippen molar-refractivity contribution in [1.82, 2.24) is 0 Å². The topological polar surface area (TPSA) is 21.6 Å². The molecule has 0 bridgehead atoms. The SMILES string of the molecule is FC(F)(F)C1(c2cc(Cl)c(Cl)c(Cl)c2)CC(c2scc3c2CCCC3)=NO1. The Morgan fingerprint density at radius 2 is 1.74 bits per heavy atom. The number of fused-ring (bicyclic) bond motifs is 1. The molecule has 2 aromatic rings. The highest BCUT2D eigenvalue weighted by molar-refractivity contribution is 7.12. The molecule has 1 atom stereocenters. The van der Waals surface area contributed by atoms with E-state index in [-0.39, 0.29) is 20.6 Å². The summed E-state index contributed by atoms with van der Waals surface area (Å²) in [7, 11) is 0. The fraction of sp³-hybridized carbons (Fsp3) is 0.389. The van der Waals surface area contributed by atoms with Crippen LogP contribution in [-0.4, -0.2) is 11.9 Å². The first-order chi connectivity index (χ1) is 12.7. The van der Waals surface area contributed by atoms with Gasteiger partial charge in [-0.15, -0.1) is 11.3 Å². The van der Waals surface area contributed by atoms with Gasteiger partial charge in [-0.05, 0) is 54.3 Å². The van der Waals surface area contributed by atoms with Gasteiger partial charge in [-0.2, -0.15) is 13.2 Å². The van der Waals surface area contributed by atoms with Gasteiger partial charge in [0.1, 0.15) is 5.71 Å². The van der Waals surface area contributed by atoms with Crippen molar-refractivity contribution in [3.63, 3.8) is 0 Å². The van der Waals surface area contributed by atoms with Gasteiger partial charge >= 0.3 is 6.18 Å². The van der Waals surface area contributed by atoms with Crippen LogP contribution in [0.2, 0.25) is 15.1 Å². The second-order valence-corrected chi connectivity index (χ2v) is 8.73. The molecule has 2 aliphatic rings. The number of hydrogen-bond acceptors (Lipinski definition) is 3. The van der Waals surface area contributed by atoms with E-state index in [4.69, 9.17) is 39.6 Å². The number of aryl methyl sites for hydroxylation is 1. The van der Waals surface area contributed by atoms with Crippen molar-refractivity contribution in [1.29, 1.82) is 0 Å². The van der Waals surface area contributed by atoms with Gasteiger partial charge in [-0.1, -0.05) is 40.0 Å². The van der Waals surface area contributed by atoms with Crippen LogP contribution in [0.1, 0.15) is 40.8 Å². The molecule has 1 aliphatic heterocycles. The molecule has 27 heavy (non-hydrogen) atoms. The van der Waals surface area contributed by atoms with Crippen molar-refractivity contribution in [2.24, 2.45) is 5.16 Å². The summed E-state index contributed by atoms with van der Waals surface area (Å²) in [6.45, 7) is 0. The van der Waals surface area contributed by atoms with Crippen molar-refractivity contribution in [2.75, 3.05) is 0 Å². The van der Waals surface area contributed by atoms with Crippen LogP contribution in [0.5, 0.6) is 0 Å². The molecule has 0 saturated heterocycles. The monoisotopic (exact) mass is 453 g/mol. The van der Waals surface area contributed by atoms with E-state index >= 15 is 0 Å². The zero-order valence-corrected chi connectivity index (χ0v) is 16.9. The van der Waals surface area contributed by atoms with Crippen molar-refractivity contribution in [2.45, 2.75) is 43.9 Å². The third kappa shape index (κ3) is 3.15. The highest BCUT2D eigenvalue weighted by Gasteiger charge is 2.62. The number of halogens is 6. The number of hydrogen-bond donors (Lipinski definition) is 0. The minimum Gasteiger partial charge on any atom is -0.374 e. The number of rotatable bonds is 2. The first-order valence-corrected chi connectivity index (χ1v) is 10.3. The standard InChI is InChI=1S/C18H13Cl3F3NOS/c19-12-5-10(6-13(20)15(12)21)17(18(22,23)24)7-14(25-26-17)16-11-4-2-1-3-9(11)8-27-16/h5-6,8H,1-4,7H2. The van der Waals surface area contributed by atoms with E-state index in [1.54, 1.807) is 0 Å². The van der Waals surface area contributed by atoms with Gasteiger partial charge in [0.15, 0.2) is 0 Å². The molecule has 1 aliphatic carbocycles. The maximum atomic E-state index is 14.1. The van der Waals surface area contributed by atoms with E-state index in [1.807, 2.05) is 5.38 Å². The van der Waals surface area contributed by atoms with Crippen LogP contribution in [0.3, 0.4) is 0 Å². The summed E-state index contributed by atoms with van der Waals surface area (Å²) >= 11 is 19.3. The molecular formula is C18H13Cl3F3NOS. The Morgan fingerprint density at radius 1 is 1.07 bits per heavy atom. The highest BCUT2D eigenvalue weighted by Crippen LogP contribution is 2.51. The van der Waals surface area contributed by atoms with Crippen LogP contribution < -0.4 is 0 Å². The Balaban J connectivity index is 1.76. The molecule has 1 unspecified atom stereocenters. The molecule has 0 radical (unpaired) electrons. The first-order valence-electron chi connectivity index (χ1n) is 8.29. The van der Waals surface area contributed by atoms with Crippen LogP contribution >= 0.6 is 46.1 Å². The van der Waals surface area contributed by atoms with Gasteiger partial charge in [0.2, 0.25) is 0 Å². The molecule has 0 fully saturated rings. The lowest BCUT2D eigenvalue weighted by Crippen LogP contribution is -2.42. The summed E-state index contributed by atoms with van der Waals surface area (Å²) in [5.74, 6) is 0. The predicted octanol–water partition coefficient (Wildman–Crippen LogP) is 7.17. The summed E-state index contributed by atoms with van der Waals surface area (Å²) in [5.41, 5.74) is -0.239. The summed E-state index contributed by atoms with van der Waals surface area (Å²) in [6.07, 6.45) is -1.22. The quantitative estimate of drug-likeness (QED) is 0.441. The van der Waals surface area contributed by atoms with E-state index in [9.17, 15) is 13.2 Å². The minimum atomic E-state index is -4.71. The van der Waals surface area contributed by atoms with Gasteiger partial charge in [0.05, 0.1) is 26.4 Å². The first kappa shape index (κ1) is 19.4. The molecule has 1 aromatic carbocycles. The number of nitrogens with zero attached hydrogens (tertiary/aromatic N) is 1. The number of benzene rings is 1. The van der Waals surface area contributed by atoms with Crippen LogP contribution in [0.4, 0.5) is 13.2 Å². The average molecular weight is 455 g/mol. The third-order valence-electron chi connectivity index (χ3n) is 5.00. The lowest BCUT2D eigenvalue weighted by atomic mass is 9.86.